The van der Waals surface area contributed by atoms with Crippen molar-refractivity contribution in [3.63, 3.8) is 0 Å². The van der Waals surface area contributed by atoms with Crippen molar-refractivity contribution in [2.24, 2.45) is 0 Å². The number of hydrogen-bond acceptors (Lipinski definition) is 6. The third-order valence-corrected chi connectivity index (χ3v) is 4.47. The van der Waals surface area contributed by atoms with Crippen molar-refractivity contribution in [1.82, 2.24) is 5.32 Å². The molecule has 3 aromatic rings. The second-order valence-electron chi connectivity index (χ2n) is 5.33. The highest BCUT2D eigenvalue weighted by molar-refractivity contribution is 7.11. The van der Waals surface area contributed by atoms with Gasteiger partial charge in [-0.3, -0.25) is 4.79 Å². The number of benzene rings is 1. The molecule has 134 valence electrons. The van der Waals surface area contributed by atoms with Gasteiger partial charge in [0.15, 0.2) is 0 Å². The second-order valence-corrected chi connectivity index (χ2v) is 6.28. The summed E-state index contributed by atoms with van der Waals surface area (Å²) in [5.74, 6) is 0.273. The lowest BCUT2D eigenvalue weighted by molar-refractivity contribution is -0.130. The number of nitrogens with one attached hydrogen (secondary N) is 1. The van der Waals surface area contributed by atoms with Crippen molar-refractivity contribution in [2.75, 3.05) is 7.11 Å². The van der Waals surface area contributed by atoms with Crippen molar-refractivity contribution < 1.29 is 23.5 Å². The highest BCUT2D eigenvalue weighted by atomic mass is 32.1. The third kappa shape index (κ3) is 4.31. The Morgan fingerprint density at radius 1 is 1.15 bits per heavy atom. The lowest BCUT2D eigenvalue weighted by Crippen LogP contribution is -2.31. The molecule has 0 aliphatic rings. The van der Waals surface area contributed by atoms with Crippen LogP contribution in [0.5, 0.6) is 5.75 Å². The molecule has 26 heavy (non-hydrogen) atoms. The van der Waals surface area contributed by atoms with Crippen molar-refractivity contribution >= 4 is 23.2 Å². The van der Waals surface area contributed by atoms with Gasteiger partial charge < -0.3 is 19.2 Å². The van der Waals surface area contributed by atoms with Gasteiger partial charge in [-0.25, -0.2) is 4.79 Å². The summed E-state index contributed by atoms with van der Waals surface area (Å²) in [6.07, 6.45) is 0.449. The van der Waals surface area contributed by atoms with E-state index in [0.29, 0.717) is 22.0 Å². The fourth-order valence-corrected chi connectivity index (χ4v) is 2.90. The first-order valence-corrected chi connectivity index (χ1v) is 8.74. The molecule has 0 unspecified atom stereocenters. The van der Waals surface area contributed by atoms with Crippen LogP contribution in [0.25, 0.3) is 0 Å². The summed E-state index contributed by atoms with van der Waals surface area (Å²) in [5.41, 5.74) is 0.549. The number of ether oxygens (including phenoxy) is 2. The number of hydrogen-bond donors (Lipinski definition) is 1. The second kappa shape index (κ2) is 8.35. The minimum absolute atomic E-state index is 0.203. The van der Waals surface area contributed by atoms with E-state index in [2.05, 4.69) is 5.32 Å². The van der Waals surface area contributed by atoms with Crippen molar-refractivity contribution in [1.29, 1.82) is 0 Å². The number of thiophene rings is 1. The van der Waals surface area contributed by atoms with Crippen molar-refractivity contribution in [3.8, 4) is 5.75 Å². The van der Waals surface area contributed by atoms with Gasteiger partial charge in [0.2, 0.25) is 6.10 Å². The highest BCUT2D eigenvalue weighted by Gasteiger charge is 2.26. The third-order valence-electron chi connectivity index (χ3n) is 3.62. The van der Waals surface area contributed by atoms with E-state index in [1.165, 1.54) is 17.6 Å². The van der Waals surface area contributed by atoms with Gasteiger partial charge >= 0.3 is 5.97 Å². The molecule has 0 saturated carbocycles. The summed E-state index contributed by atoms with van der Waals surface area (Å²) >= 11 is 1.26. The van der Waals surface area contributed by atoms with E-state index < -0.39 is 18.0 Å². The zero-order valence-electron chi connectivity index (χ0n) is 14.0. The van der Waals surface area contributed by atoms with Gasteiger partial charge in [0.25, 0.3) is 5.91 Å². The molecule has 6 nitrogen and oxygen atoms in total. The number of furan rings is 1. The molecule has 0 aliphatic carbocycles. The number of carbonyl (C=O) groups is 2. The fraction of sp³-hybridized carbons (Fsp3) is 0.158. The molecule has 0 radical (unpaired) electrons. The topological polar surface area (TPSA) is 77.8 Å². The summed E-state index contributed by atoms with van der Waals surface area (Å²) in [5, 5.41) is 4.50. The van der Waals surface area contributed by atoms with Crippen LogP contribution in [0.15, 0.2) is 64.6 Å². The number of carbonyl (C=O) groups excluding carboxylic acids is 2. The first-order chi connectivity index (χ1) is 12.7. The quantitative estimate of drug-likeness (QED) is 0.643. The summed E-state index contributed by atoms with van der Waals surface area (Å²) < 4.78 is 15.8. The van der Waals surface area contributed by atoms with Crippen LogP contribution in [0.2, 0.25) is 0 Å². The van der Waals surface area contributed by atoms with Crippen LogP contribution in [0.3, 0.4) is 0 Å². The summed E-state index contributed by atoms with van der Waals surface area (Å²) in [4.78, 5) is 25.4. The minimum atomic E-state index is -1.08. The molecular weight excluding hydrogens is 354 g/mol. The number of amides is 1. The molecule has 1 aromatic carbocycles. The molecule has 7 heteroatoms. The first kappa shape index (κ1) is 17.8. The molecule has 1 N–H and O–H groups in total. The van der Waals surface area contributed by atoms with Gasteiger partial charge in [-0.1, -0.05) is 18.2 Å². The van der Waals surface area contributed by atoms with Gasteiger partial charge in [-0.15, -0.1) is 11.3 Å². The summed E-state index contributed by atoms with van der Waals surface area (Å²) in [6, 6.07) is 13.7. The van der Waals surface area contributed by atoms with Crippen LogP contribution in [0, 0.1) is 0 Å². The zero-order valence-corrected chi connectivity index (χ0v) is 14.8. The van der Waals surface area contributed by atoms with Crippen LogP contribution in [-0.4, -0.2) is 19.0 Å². The average Bonchev–Trinajstić information content (AvgIpc) is 3.38. The molecule has 0 spiro atoms. The summed E-state index contributed by atoms with van der Waals surface area (Å²) in [7, 11) is 1.55. The lowest BCUT2D eigenvalue weighted by atomic mass is 10.1. The maximum atomic E-state index is 12.6. The molecule has 2 aromatic heterocycles. The maximum absolute atomic E-state index is 12.6. The highest BCUT2D eigenvalue weighted by Crippen LogP contribution is 2.23. The number of methoxy groups -OCH3 is 1. The average molecular weight is 371 g/mol. The Balaban J connectivity index is 1.77. The zero-order chi connectivity index (χ0) is 18.4. The van der Waals surface area contributed by atoms with E-state index >= 15 is 0 Å². The predicted octanol–water partition coefficient (Wildman–Crippen LogP) is 3.56. The van der Waals surface area contributed by atoms with E-state index in [1.807, 2.05) is 0 Å². The van der Waals surface area contributed by atoms with E-state index in [-0.39, 0.29) is 6.54 Å². The monoisotopic (exact) mass is 371 g/mol. The molecule has 0 fully saturated rings. The van der Waals surface area contributed by atoms with Gasteiger partial charge in [-0.05, 0) is 35.7 Å². The van der Waals surface area contributed by atoms with E-state index in [9.17, 15) is 9.59 Å². The Labute approximate surface area is 154 Å². The van der Waals surface area contributed by atoms with Crippen molar-refractivity contribution in [2.45, 2.75) is 12.6 Å². The molecule has 1 atom stereocenters. The molecule has 3 rings (SSSR count). The smallest absolute Gasteiger partial charge is 0.349 e. The fourth-order valence-electron chi connectivity index (χ4n) is 2.29. The van der Waals surface area contributed by atoms with Crippen LogP contribution >= 0.6 is 11.3 Å². The number of rotatable bonds is 7. The van der Waals surface area contributed by atoms with Crippen LogP contribution in [0.1, 0.15) is 27.1 Å². The van der Waals surface area contributed by atoms with E-state index in [1.54, 1.807) is 61.0 Å². The molecule has 0 bridgehead atoms. The van der Waals surface area contributed by atoms with Gasteiger partial charge in [0, 0.05) is 5.56 Å². The van der Waals surface area contributed by atoms with Crippen molar-refractivity contribution in [3.05, 3.63) is 76.4 Å². The first-order valence-electron chi connectivity index (χ1n) is 7.86. The molecular formula is C19H17NO5S. The van der Waals surface area contributed by atoms with Crippen LogP contribution in [0.4, 0.5) is 0 Å². The number of esters is 1. The minimum Gasteiger partial charge on any atom is -0.497 e. The van der Waals surface area contributed by atoms with Crippen LogP contribution in [-0.2, 0) is 16.1 Å². The standard InChI is InChI=1S/C19H17NO5S/c1-23-14-8-6-13(7-9-14)17(25-19(22)16-5-3-11-26-16)18(21)20-12-15-4-2-10-24-15/h2-11,17H,12H2,1H3,(H,20,21)/t17-/m0/s1. The predicted molar refractivity (Wildman–Crippen MR) is 96.0 cm³/mol. The molecule has 1 amide bonds. The Morgan fingerprint density at radius 2 is 1.96 bits per heavy atom. The Kier molecular flexibility index (Phi) is 5.70. The molecule has 2 heterocycles. The summed E-state index contributed by atoms with van der Waals surface area (Å²) in [6.45, 7) is 0.203. The lowest BCUT2D eigenvalue weighted by Gasteiger charge is -2.17. The Hall–Kier alpha value is -3.06. The van der Waals surface area contributed by atoms with Gasteiger partial charge in [0.1, 0.15) is 16.4 Å². The van der Waals surface area contributed by atoms with Gasteiger partial charge in [0.05, 0.1) is 19.9 Å². The molecule has 0 saturated heterocycles. The van der Waals surface area contributed by atoms with Crippen LogP contribution < -0.4 is 10.1 Å². The van der Waals surface area contributed by atoms with E-state index in [4.69, 9.17) is 13.9 Å². The Bertz CT molecular complexity index is 841. The van der Waals surface area contributed by atoms with Gasteiger partial charge in [-0.2, -0.15) is 0 Å². The Morgan fingerprint density at radius 3 is 2.58 bits per heavy atom. The maximum Gasteiger partial charge on any atom is 0.349 e. The largest absolute Gasteiger partial charge is 0.497 e. The SMILES string of the molecule is COc1ccc([C@H](OC(=O)c2cccs2)C(=O)NCc2ccco2)cc1. The van der Waals surface area contributed by atoms with E-state index in [0.717, 1.165) is 0 Å². The molecule has 0 aliphatic heterocycles. The normalized spacial score (nSPS) is 11.6.